The highest BCUT2D eigenvalue weighted by molar-refractivity contribution is 5.67. The molecule has 4 nitrogen and oxygen atoms in total. The largest absolute Gasteiger partial charge is 0.444 e. The molecule has 1 amide bonds. The van der Waals surface area contributed by atoms with Crippen LogP contribution >= 0.6 is 0 Å². The van der Waals surface area contributed by atoms with Gasteiger partial charge in [0.2, 0.25) is 0 Å². The van der Waals surface area contributed by atoms with E-state index in [1.165, 1.54) is 11.1 Å². The number of nitrogens with two attached hydrogens (primary N) is 1. The first kappa shape index (κ1) is 13.7. The Labute approximate surface area is 114 Å². The van der Waals surface area contributed by atoms with Crippen molar-refractivity contribution in [3.8, 4) is 0 Å². The maximum absolute atomic E-state index is 11.6. The fourth-order valence-corrected chi connectivity index (χ4v) is 2.42. The number of nitrogens with one attached hydrogen (secondary N) is 1. The second-order valence-electron chi connectivity index (χ2n) is 6.19. The van der Waals surface area contributed by atoms with Gasteiger partial charge in [0.05, 0.1) is 0 Å². The standard InChI is InChI=1S/C15H22N2O2/c1-15(2,3)19-14(18)17-9-10-6-11-4-5-13(16)8-12(11)7-10/h4-5,8,10H,6-7,9,16H2,1-3H3,(H,17,18). The van der Waals surface area contributed by atoms with E-state index < -0.39 is 5.60 Å². The highest BCUT2D eigenvalue weighted by atomic mass is 16.6. The molecule has 1 aliphatic rings. The van der Waals surface area contributed by atoms with E-state index in [1.807, 2.05) is 32.9 Å². The number of rotatable bonds is 2. The molecule has 104 valence electrons. The van der Waals surface area contributed by atoms with Crippen molar-refractivity contribution in [2.75, 3.05) is 12.3 Å². The molecular weight excluding hydrogens is 240 g/mol. The van der Waals surface area contributed by atoms with Gasteiger partial charge in [-0.2, -0.15) is 0 Å². The van der Waals surface area contributed by atoms with Gasteiger partial charge in [-0.05, 0) is 62.8 Å². The molecule has 1 aromatic rings. The molecule has 2 rings (SSSR count). The van der Waals surface area contributed by atoms with E-state index >= 15 is 0 Å². The van der Waals surface area contributed by atoms with E-state index in [1.54, 1.807) is 0 Å². The third-order valence-corrected chi connectivity index (χ3v) is 3.18. The predicted molar refractivity (Wildman–Crippen MR) is 76.0 cm³/mol. The highest BCUT2D eigenvalue weighted by Crippen LogP contribution is 2.27. The number of nitrogen functional groups attached to an aromatic ring is 1. The van der Waals surface area contributed by atoms with Crippen LogP contribution in [-0.4, -0.2) is 18.2 Å². The van der Waals surface area contributed by atoms with E-state index in [0.717, 1.165) is 18.5 Å². The number of hydrogen-bond donors (Lipinski definition) is 2. The Bertz CT molecular complexity index is 478. The topological polar surface area (TPSA) is 64.3 Å². The lowest BCUT2D eigenvalue weighted by Gasteiger charge is -2.20. The molecule has 0 aliphatic heterocycles. The van der Waals surface area contributed by atoms with Crippen LogP contribution in [0.2, 0.25) is 0 Å². The predicted octanol–water partition coefficient (Wildman–Crippen LogP) is 2.51. The Hall–Kier alpha value is -1.71. The molecule has 0 fully saturated rings. The minimum absolute atomic E-state index is 0.344. The molecule has 1 unspecified atom stereocenters. The molecule has 0 bridgehead atoms. The van der Waals surface area contributed by atoms with Crippen LogP contribution < -0.4 is 11.1 Å². The van der Waals surface area contributed by atoms with Gasteiger partial charge >= 0.3 is 6.09 Å². The van der Waals surface area contributed by atoms with Gasteiger partial charge in [0.25, 0.3) is 0 Å². The quantitative estimate of drug-likeness (QED) is 0.805. The molecule has 0 saturated carbocycles. The summed E-state index contributed by atoms with van der Waals surface area (Å²) in [7, 11) is 0. The lowest BCUT2D eigenvalue weighted by Crippen LogP contribution is -2.35. The summed E-state index contributed by atoms with van der Waals surface area (Å²) in [5, 5.41) is 2.84. The first-order valence-corrected chi connectivity index (χ1v) is 6.67. The summed E-state index contributed by atoms with van der Waals surface area (Å²) in [6.45, 7) is 6.23. The Morgan fingerprint density at radius 3 is 2.74 bits per heavy atom. The van der Waals surface area contributed by atoms with Gasteiger partial charge in [-0.1, -0.05) is 6.07 Å². The molecule has 0 aromatic heterocycles. The molecule has 0 saturated heterocycles. The van der Waals surface area contributed by atoms with Crippen LogP contribution in [-0.2, 0) is 17.6 Å². The van der Waals surface area contributed by atoms with Crippen LogP contribution in [0.25, 0.3) is 0 Å². The number of carbonyl (C=O) groups is 1. The summed E-state index contributed by atoms with van der Waals surface area (Å²) in [4.78, 5) is 11.6. The van der Waals surface area contributed by atoms with Crippen LogP contribution in [0, 0.1) is 5.92 Å². The Morgan fingerprint density at radius 2 is 2.05 bits per heavy atom. The third kappa shape index (κ3) is 3.88. The average Bonchev–Trinajstić information content (AvgIpc) is 2.66. The second kappa shape index (κ2) is 5.11. The van der Waals surface area contributed by atoms with Crippen molar-refractivity contribution in [2.45, 2.75) is 39.2 Å². The van der Waals surface area contributed by atoms with E-state index in [2.05, 4.69) is 11.4 Å². The smallest absolute Gasteiger partial charge is 0.407 e. The molecule has 4 heteroatoms. The van der Waals surface area contributed by atoms with E-state index in [4.69, 9.17) is 10.5 Å². The molecule has 19 heavy (non-hydrogen) atoms. The summed E-state index contributed by atoms with van der Waals surface area (Å²) >= 11 is 0. The van der Waals surface area contributed by atoms with Crippen molar-refractivity contribution >= 4 is 11.8 Å². The zero-order valence-corrected chi connectivity index (χ0v) is 11.8. The van der Waals surface area contributed by atoms with E-state index in [0.29, 0.717) is 12.5 Å². The van der Waals surface area contributed by atoms with Crippen molar-refractivity contribution in [1.29, 1.82) is 0 Å². The molecule has 1 aromatic carbocycles. The number of ether oxygens (including phenoxy) is 1. The Morgan fingerprint density at radius 1 is 1.37 bits per heavy atom. The van der Waals surface area contributed by atoms with Crippen LogP contribution in [0.1, 0.15) is 31.9 Å². The first-order valence-electron chi connectivity index (χ1n) is 6.67. The van der Waals surface area contributed by atoms with Crippen LogP contribution in [0.4, 0.5) is 10.5 Å². The fourth-order valence-electron chi connectivity index (χ4n) is 2.42. The van der Waals surface area contributed by atoms with Gasteiger partial charge in [-0.3, -0.25) is 0 Å². The second-order valence-corrected chi connectivity index (χ2v) is 6.19. The number of anilines is 1. The number of benzene rings is 1. The first-order chi connectivity index (χ1) is 8.83. The van der Waals surface area contributed by atoms with Gasteiger partial charge in [0, 0.05) is 12.2 Å². The number of alkyl carbamates (subject to hydrolysis) is 1. The normalized spacial score (nSPS) is 17.9. The van der Waals surface area contributed by atoms with Crippen LogP contribution in [0.3, 0.4) is 0 Å². The van der Waals surface area contributed by atoms with E-state index in [-0.39, 0.29) is 6.09 Å². The number of amides is 1. The summed E-state index contributed by atoms with van der Waals surface area (Å²) < 4.78 is 5.22. The van der Waals surface area contributed by atoms with Gasteiger partial charge in [0.15, 0.2) is 0 Å². The van der Waals surface area contributed by atoms with Crippen LogP contribution in [0.15, 0.2) is 18.2 Å². The molecule has 1 atom stereocenters. The van der Waals surface area contributed by atoms with Gasteiger partial charge in [-0.15, -0.1) is 0 Å². The molecule has 0 spiro atoms. The lowest BCUT2D eigenvalue weighted by atomic mass is 10.1. The van der Waals surface area contributed by atoms with Gasteiger partial charge in [-0.25, -0.2) is 4.79 Å². The van der Waals surface area contributed by atoms with Gasteiger partial charge in [0.1, 0.15) is 5.60 Å². The third-order valence-electron chi connectivity index (χ3n) is 3.18. The molecule has 0 radical (unpaired) electrons. The molecular formula is C15H22N2O2. The zero-order chi connectivity index (χ0) is 14.0. The molecule has 1 aliphatic carbocycles. The monoisotopic (exact) mass is 262 g/mol. The number of carbonyl (C=O) groups excluding carboxylic acids is 1. The van der Waals surface area contributed by atoms with Gasteiger partial charge < -0.3 is 15.8 Å². The maximum atomic E-state index is 11.6. The van der Waals surface area contributed by atoms with Crippen molar-refractivity contribution < 1.29 is 9.53 Å². The minimum atomic E-state index is -0.447. The summed E-state index contributed by atoms with van der Waals surface area (Å²) in [6, 6.07) is 6.05. The highest BCUT2D eigenvalue weighted by Gasteiger charge is 2.23. The van der Waals surface area contributed by atoms with Crippen molar-refractivity contribution in [3.05, 3.63) is 29.3 Å². The van der Waals surface area contributed by atoms with Crippen molar-refractivity contribution in [3.63, 3.8) is 0 Å². The lowest BCUT2D eigenvalue weighted by molar-refractivity contribution is 0.0520. The average molecular weight is 262 g/mol. The van der Waals surface area contributed by atoms with E-state index in [9.17, 15) is 4.79 Å². The summed E-state index contributed by atoms with van der Waals surface area (Å²) in [6.07, 6.45) is 1.62. The maximum Gasteiger partial charge on any atom is 0.407 e. The number of hydrogen-bond acceptors (Lipinski definition) is 3. The molecule has 3 N–H and O–H groups in total. The summed E-state index contributed by atoms with van der Waals surface area (Å²) in [5.41, 5.74) is 8.78. The minimum Gasteiger partial charge on any atom is -0.444 e. The SMILES string of the molecule is CC(C)(C)OC(=O)NCC1Cc2ccc(N)cc2C1. The van der Waals surface area contributed by atoms with Crippen molar-refractivity contribution in [1.82, 2.24) is 5.32 Å². The Balaban J connectivity index is 1.83. The fraction of sp³-hybridized carbons (Fsp3) is 0.533. The number of fused-ring (bicyclic) bond motifs is 1. The molecule has 0 heterocycles. The van der Waals surface area contributed by atoms with Crippen molar-refractivity contribution in [2.24, 2.45) is 5.92 Å². The summed E-state index contributed by atoms with van der Waals surface area (Å²) in [5.74, 6) is 0.435. The zero-order valence-electron chi connectivity index (χ0n) is 11.8. The Kier molecular flexibility index (Phi) is 3.69. The van der Waals surface area contributed by atoms with Crippen LogP contribution in [0.5, 0.6) is 0 Å².